The van der Waals surface area contributed by atoms with E-state index in [4.69, 9.17) is 9.84 Å². The average molecular weight is 450 g/mol. The van der Waals surface area contributed by atoms with Gasteiger partial charge in [0.25, 0.3) is 0 Å². The molecule has 0 radical (unpaired) electrons. The number of carbonyl (C=O) groups is 1. The van der Waals surface area contributed by atoms with E-state index in [-0.39, 0.29) is 24.0 Å². The van der Waals surface area contributed by atoms with Crippen LogP contribution in [0.3, 0.4) is 0 Å². The molecule has 1 N–H and O–H groups in total. The minimum atomic E-state index is -0.888. The van der Waals surface area contributed by atoms with Crippen molar-refractivity contribution in [3.05, 3.63) is 88.2 Å². The first-order valence-corrected chi connectivity index (χ1v) is 9.84. The molecule has 0 aromatic heterocycles. The molecule has 2 aromatic carbocycles. The predicted molar refractivity (Wildman–Crippen MR) is 119 cm³/mol. The van der Waals surface area contributed by atoms with Crippen molar-refractivity contribution >= 4 is 23.9 Å². The Morgan fingerprint density at radius 3 is 2.19 bits per heavy atom. The summed E-state index contributed by atoms with van der Waals surface area (Å²) in [6, 6.07) is 9.07. The fourth-order valence-corrected chi connectivity index (χ4v) is 3.61. The number of carboxylic acids is 1. The molecule has 7 heteroatoms. The maximum absolute atomic E-state index is 13.6. The Morgan fingerprint density at radius 2 is 1.68 bits per heavy atom. The van der Waals surface area contributed by atoms with E-state index in [9.17, 15) is 13.6 Å². The first-order valence-electron chi connectivity index (χ1n) is 9.84. The molecule has 1 aliphatic rings. The molecule has 0 saturated carbocycles. The van der Waals surface area contributed by atoms with E-state index in [1.807, 2.05) is 18.7 Å². The topological polar surface area (TPSA) is 49.8 Å². The summed E-state index contributed by atoms with van der Waals surface area (Å²) < 4.78 is 33.0. The van der Waals surface area contributed by atoms with Gasteiger partial charge in [-0.15, -0.1) is 12.4 Å². The molecule has 0 spiro atoms. The van der Waals surface area contributed by atoms with Gasteiger partial charge in [0.15, 0.2) is 0 Å². The van der Waals surface area contributed by atoms with E-state index in [2.05, 4.69) is 0 Å². The molecule has 0 unspecified atom stereocenters. The fourth-order valence-electron chi connectivity index (χ4n) is 3.61. The molecule has 0 bridgehead atoms. The van der Waals surface area contributed by atoms with E-state index in [1.54, 1.807) is 24.5 Å². The van der Waals surface area contributed by atoms with Crippen LogP contribution in [0.2, 0.25) is 0 Å². The first-order chi connectivity index (χ1) is 14.3. The van der Waals surface area contributed by atoms with Crippen molar-refractivity contribution in [2.45, 2.75) is 20.3 Å². The highest BCUT2D eigenvalue weighted by Gasteiger charge is 2.17. The van der Waals surface area contributed by atoms with Crippen LogP contribution in [0, 0.1) is 25.5 Å². The lowest BCUT2D eigenvalue weighted by molar-refractivity contribution is -0.133. The third kappa shape index (κ3) is 6.39. The number of hydrogen-bond donors (Lipinski definition) is 1. The number of nitrogens with zero attached hydrogens (tertiary/aromatic N) is 1. The molecule has 1 aliphatic heterocycles. The number of aliphatic carboxylic acids is 1. The molecule has 0 saturated heterocycles. The van der Waals surface area contributed by atoms with E-state index in [0.717, 1.165) is 34.4 Å². The number of halogens is 3. The van der Waals surface area contributed by atoms with Crippen molar-refractivity contribution in [1.82, 2.24) is 4.90 Å². The third-order valence-corrected chi connectivity index (χ3v) is 5.19. The number of ether oxygens (including phenoxy) is 1. The minimum absolute atomic E-state index is 0. The van der Waals surface area contributed by atoms with Crippen molar-refractivity contribution in [2.75, 3.05) is 26.2 Å². The molecule has 3 rings (SSSR count). The van der Waals surface area contributed by atoms with Gasteiger partial charge in [-0.2, -0.15) is 0 Å². The molecule has 0 atom stereocenters. The maximum atomic E-state index is 13.6. The highest BCUT2D eigenvalue weighted by molar-refractivity contribution is 5.87. The average Bonchev–Trinajstić information content (AvgIpc) is 2.70. The Hall–Kier alpha value is -2.70. The van der Waals surface area contributed by atoms with Gasteiger partial charge in [0, 0.05) is 30.8 Å². The monoisotopic (exact) mass is 449 g/mol. The van der Waals surface area contributed by atoms with E-state index < -0.39 is 5.97 Å². The highest BCUT2D eigenvalue weighted by Crippen LogP contribution is 2.29. The molecular formula is C24H26ClF2NO3. The second-order valence-electron chi connectivity index (χ2n) is 7.42. The smallest absolute Gasteiger partial charge is 0.332 e. The Bertz CT molecular complexity index is 951. The summed E-state index contributed by atoms with van der Waals surface area (Å²) in [7, 11) is 0. The molecule has 1 heterocycles. The van der Waals surface area contributed by atoms with Gasteiger partial charge in [-0.1, -0.05) is 18.2 Å². The normalized spacial score (nSPS) is 13.7. The van der Waals surface area contributed by atoms with Crippen LogP contribution in [0.25, 0.3) is 5.57 Å². The molecule has 31 heavy (non-hydrogen) atoms. The lowest BCUT2D eigenvalue weighted by Crippen LogP contribution is -2.34. The van der Waals surface area contributed by atoms with Crippen LogP contribution in [0.15, 0.2) is 54.3 Å². The van der Waals surface area contributed by atoms with Crippen molar-refractivity contribution in [1.29, 1.82) is 0 Å². The summed E-state index contributed by atoms with van der Waals surface area (Å²) in [6.07, 6.45) is 4.08. The first kappa shape index (κ1) is 24.6. The summed E-state index contributed by atoms with van der Waals surface area (Å²) in [5, 5.41) is 9.15. The fraction of sp³-hybridized carbons (Fsp3) is 0.292. The van der Waals surface area contributed by atoms with Crippen LogP contribution in [-0.4, -0.2) is 42.2 Å². The van der Waals surface area contributed by atoms with Crippen molar-refractivity contribution < 1.29 is 23.4 Å². The number of carboxylic acid groups (broad SMARTS) is 1. The van der Waals surface area contributed by atoms with Gasteiger partial charge in [0.2, 0.25) is 0 Å². The van der Waals surface area contributed by atoms with Crippen LogP contribution in [0.4, 0.5) is 8.78 Å². The van der Waals surface area contributed by atoms with E-state index >= 15 is 0 Å². The quantitative estimate of drug-likeness (QED) is 0.470. The second kappa shape index (κ2) is 11.1. The lowest BCUT2D eigenvalue weighted by Gasteiger charge is -2.25. The summed E-state index contributed by atoms with van der Waals surface area (Å²) in [5.74, 6) is -1.53. The van der Waals surface area contributed by atoms with Gasteiger partial charge in [0.1, 0.15) is 18.2 Å². The van der Waals surface area contributed by atoms with E-state index in [1.165, 1.54) is 24.3 Å². The van der Waals surface area contributed by atoms with Crippen LogP contribution in [0.1, 0.15) is 28.7 Å². The number of aryl methyl sites for hydroxylation is 2. The Kier molecular flexibility index (Phi) is 8.77. The molecular weight excluding hydrogens is 424 g/mol. The third-order valence-electron chi connectivity index (χ3n) is 5.19. The number of benzene rings is 2. The summed E-state index contributed by atoms with van der Waals surface area (Å²) in [6.45, 7) is 5.77. The second-order valence-corrected chi connectivity index (χ2v) is 7.42. The Balaban J connectivity index is 0.00000341. The molecule has 0 fully saturated rings. The SMILES string of the molecule is Cc1cc(F)ccc1C(=COCCN1CCC=C(C(=O)O)C1)c1ccc(F)cc1C.Cl. The molecule has 166 valence electrons. The highest BCUT2D eigenvalue weighted by atomic mass is 35.5. The summed E-state index contributed by atoms with van der Waals surface area (Å²) in [5.41, 5.74) is 4.26. The zero-order valence-electron chi connectivity index (χ0n) is 17.5. The van der Waals surface area contributed by atoms with Gasteiger partial charge in [0.05, 0.1) is 6.26 Å². The Labute approximate surface area is 187 Å². The largest absolute Gasteiger partial charge is 0.499 e. The van der Waals surface area contributed by atoms with Crippen LogP contribution < -0.4 is 0 Å². The van der Waals surface area contributed by atoms with Gasteiger partial charge >= 0.3 is 5.97 Å². The molecule has 0 amide bonds. The maximum Gasteiger partial charge on any atom is 0.332 e. The van der Waals surface area contributed by atoms with E-state index in [0.29, 0.717) is 31.7 Å². The van der Waals surface area contributed by atoms with Crippen LogP contribution in [0.5, 0.6) is 0 Å². The van der Waals surface area contributed by atoms with Crippen molar-refractivity contribution in [3.63, 3.8) is 0 Å². The summed E-state index contributed by atoms with van der Waals surface area (Å²) in [4.78, 5) is 13.2. The number of hydrogen-bond acceptors (Lipinski definition) is 3. The van der Waals surface area contributed by atoms with Crippen LogP contribution in [-0.2, 0) is 9.53 Å². The standard InChI is InChI=1S/C24H25F2NO3.ClH/c1-16-12-19(25)5-7-21(16)23(22-8-6-20(26)13-17(22)2)15-30-11-10-27-9-3-4-18(14-27)24(28)29;/h4-8,12-13,15H,3,9-11,14H2,1-2H3,(H,28,29);1H. The zero-order chi connectivity index (χ0) is 21.7. The van der Waals surface area contributed by atoms with Gasteiger partial charge in [-0.3, -0.25) is 4.90 Å². The minimum Gasteiger partial charge on any atom is -0.499 e. The Morgan fingerprint density at radius 1 is 1.10 bits per heavy atom. The van der Waals surface area contributed by atoms with Crippen molar-refractivity contribution in [3.8, 4) is 0 Å². The predicted octanol–water partition coefficient (Wildman–Crippen LogP) is 5.13. The van der Waals surface area contributed by atoms with Crippen LogP contribution >= 0.6 is 12.4 Å². The van der Waals surface area contributed by atoms with Crippen molar-refractivity contribution in [2.24, 2.45) is 0 Å². The zero-order valence-corrected chi connectivity index (χ0v) is 18.3. The lowest BCUT2D eigenvalue weighted by atomic mass is 9.92. The van der Waals surface area contributed by atoms with Gasteiger partial charge < -0.3 is 9.84 Å². The summed E-state index contributed by atoms with van der Waals surface area (Å²) >= 11 is 0. The molecule has 4 nitrogen and oxygen atoms in total. The number of rotatable bonds is 7. The van der Waals surface area contributed by atoms with Gasteiger partial charge in [-0.05, 0) is 66.8 Å². The molecule has 0 aliphatic carbocycles. The van der Waals surface area contributed by atoms with Gasteiger partial charge in [-0.25, -0.2) is 13.6 Å². The molecule has 2 aromatic rings.